The Labute approximate surface area is 189 Å². The average Bonchev–Trinajstić information content (AvgIpc) is 2.75. The Balaban J connectivity index is 1.66. The lowest BCUT2D eigenvalue weighted by Gasteiger charge is -2.14. The van der Waals surface area contributed by atoms with Crippen molar-refractivity contribution in [3.8, 4) is 11.5 Å². The second-order valence-electron chi connectivity index (χ2n) is 6.78. The first kappa shape index (κ1) is 23.2. The summed E-state index contributed by atoms with van der Waals surface area (Å²) in [5.74, 6) is -0.336. The van der Waals surface area contributed by atoms with Gasteiger partial charge < -0.3 is 9.47 Å². The Bertz CT molecular complexity index is 1100. The van der Waals surface area contributed by atoms with Crippen molar-refractivity contribution >= 4 is 23.7 Å². The molecule has 0 atom stereocenters. The second kappa shape index (κ2) is 11.2. The number of hydrazone groups is 1. The molecule has 0 spiro atoms. The summed E-state index contributed by atoms with van der Waals surface area (Å²) in [6.07, 6.45) is 1.49. The lowest BCUT2D eigenvalue weighted by Crippen LogP contribution is -2.19. The number of nitrogens with one attached hydrogen (secondary N) is 1. The minimum atomic E-state index is -0.363. The number of halogens is 3. The zero-order chi connectivity index (χ0) is 22.9. The van der Waals surface area contributed by atoms with E-state index in [-0.39, 0.29) is 35.6 Å². The molecular weight excluding hydrogens is 438 g/mol. The first-order valence-electron chi connectivity index (χ1n) is 9.84. The number of hydrogen-bond acceptors (Lipinski definition) is 4. The molecule has 8 heteroatoms. The quantitative estimate of drug-likeness (QED) is 0.350. The molecule has 166 valence electrons. The number of hydrogen-bond donors (Lipinski definition) is 1. The fraction of sp³-hybridized carbons (Fsp3) is 0.167. The van der Waals surface area contributed by atoms with Crippen LogP contribution >= 0.6 is 11.6 Å². The van der Waals surface area contributed by atoms with Crippen molar-refractivity contribution in [2.24, 2.45) is 5.10 Å². The van der Waals surface area contributed by atoms with E-state index in [9.17, 15) is 13.6 Å². The van der Waals surface area contributed by atoms with Crippen LogP contribution in [-0.4, -0.2) is 18.7 Å². The molecular formula is C24H21ClF2N2O3. The van der Waals surface area contributed by atoms with E-state index in [2.05, 4.69) is 10.5 Å². The highest BCUT2D eigenvalue weighted by Crippen LogP contribution is 2.37. The van der Waals surface area contributed by atoms with Crippen molar-refractivity contribution in [2.75, 3.05) is 6.61 Å². The average molecular weight is 459 g/mol. The lowest BCUT2D eigenvalue weighted by molar-refractivity contribution is -0.120. The Hall–Kier alpha value is -3.45. The summed E-state index contributed by atoms with van der Waals surface area (Å²) in [4.78, 5) is 12.0. The number of benzene rings is 3. The smallest absolute Gasteiger partial charge is 0.244 e. The van der Waals surface area contributed by atoms with Gasteiger partial charge in [-0.3, -0.25) is 4.79 Å². The monoisotopic (exact) mass is 458 g/mol. The summed E-state index contributed by atoms with van der Waals surface area (Å²) >= 11 is 6.37. The van der Waals surface area contributed by atoms with Gasteiger partial charge in [-0.05, 0) is 60.0 Å². The number of carbonyl (C=O) groups excluding carboxylic acids is 1. The molecule has 5 nitrogen and oxygen atoms in total. The Morgan fingerprint density at radius 2 is 1.81 bits per heavy atom. The molecule has 0 heterocycles. The highest BCUT2D eigenvalue weighted by Gasteiger charge is 2.13. The summed E-state index contributed by atoms with van der Waals surface area (Å²) in [5, 5.41) is 4.22. The second-order valence-corrected chi connectivity index (χ2v) is 7.19. The van der Waals surface area contributed by atoms with Crippen LogP contribution in [0, 0.1) is 11.6 Å². The maximum absolute atomic E-state index is 13.4. The van der Waals surface area contributed by atoms with Gasteiger partial charge in [-0.15, -0.1) is 0 Å². The highest BCUT2D eigenvalue weighted by atomic mass is 35.5. The van der Waals surface area contributed by atoms with Crippen LogP contribution in [0.5, 0.6) is 11.5 Å². The van der Waals surface area contributed by atoms with Crippen LogP contribution < -0.4 is 14.9 Å². The topological polar surface area (TPSA) is 59.9 Å². The lowest BCUT2D eigenvalue weighted by atomic mass is 10.1. The molecule has 0 bridgehead atoms. The fourth-order valence-corrected chi connectivity index (χ4v) is 3.13. The third-order valence-electron chi connectivity index (χ3n) is 4.28. The van der Waals surface area contributed by atoms with Gasteiger partial charge in [0.2, 0.25) is 5.91 Å². The molecule has 0 saturated carbocycles. The van der Waals surface area contributed by atoms with Crippen LogP contribution in [0.3, 0.4) is 0 Å². The number of amides is 1. The molecule has 0 aliphatic rings. The first-order valence-corrected chi connectivity index (χ1v) is 10.2. The Morgan fingerprint density at radius 3 is 2.53 bits per heavy atom. The Kier molecular flexibility index (Phi) is 8.16. The summed E-state index contributed by atoms with van der Waals surface area (Å²) in [6.45, 7) is 2.31. The maximum atomic E-state index is 13.4. The molecule has 0 aliphatic carbocycles. The summed E-state index contributed by atoms with van der Waals surface area (Å²) in [6, 6.07) is 15.0. The van der Waals surface area contributed by atoms with E-state index in [1.807, 2.05) is 6.92 Å². The van der Waals surface area contributed by atoms with Crippen LogP contribution in [0.2, 0.25) is 5.02 Å². The van der Waals surface area contributed by atoms with Gasteiger partial charge in [-0.1, -0.05) is 35.9 Å². The van der Waals surface area contributed by atoms with Gasteiger partial charge in [0.15, 0.2) is 11.5 Å². The molecule has 3 rings (SSSR count). The molecule has 0 radical (unpaired) electrons. The van der Waals surface area contributed by atoms with E-state index < -0.39 is 0 Å². The Morgan fingerprint density at radius 1 is 1.03 bits per heavy atom. The number of carbonyl (C=O) groups is 1. The minimum absolute atomic E-state index is 0.0649. The number of ether oxygens (including phenoxy) is 2. The first-order chi connectivity index (χ1) is 15.4. The number of nitrogens with zero attached hydrogens (tertiary/aromatic N) is 1. The molecule has 32 heavy (non-hydrogen) atoms. The van der Waals surface area contributed by atoms with Crippen LogP contribution in [-0.2, 0) is 17.8 Å². The van der Waals surface area contributed by atoms with E-state index in [1.54, 1.807) is 24.3 Å². The summed E-state index contributed by atoms with van der Waals surface area (Å²) < 4.78 is 37.7. The van der Waals surface area contributed by atoms with E-state index >= 15 is 0 Å². The van der Waals surface area contributed by atoms with Gasteiger partial charge in [-0.25, -0.2) is 14.2 Å². The van der Waals surface area contributed by atoms with Gasteiger partial charge in [-0.2, -0.15) is 5.10 Å². The van der Waals surface area contributed by atoms with Gasteiger partial charge in [0.1, 0.15) is 18.2 Å². The standard InChI is InChI=1S/C24H21ClF2N2O3/c1-2-31-22-12-18(14-28-29-23(30)13-16-6-8-19(26)9-7-16)11-21(25)24(22)32-15-17-4-3-5-20(27)10-17/h3-12,14H,2,13,15H2,1H3,(H,29,30)/b28-14+. The molecule has 0 aliphatic heterocycles. The highest BCUT2D eigenvalue weighted by molar-refractivity contribution is 6.32. The van der Waals surface area contributed by atoms with Gasteiger partial charge in [0, 0.05) is 0 Å². The van der Waals surface area contributed by atoms with E-state index in [4.69, 9.17) is 21.1 Å². The third-order valence-corrected chi connectivity index (χ3v) is 4.57. The largest absolute Gasteiger partial charge is 0.490 e. The van der Waals surface area contributed by atoms with Crippen molar-refractivity contribution in [3.05, 3.63) is 94.0 Å². The summed E-state index contributed by atoms with van der Waals surface area (Å²) in [5.41, 5.74) is 4.32. The molecule has 1 N–H and O–H groups in total. The molecule has 0 aromatic heterocycles. The predicted octanol–water partition coefficient (Wildman–Crippen LogP) is 5.29. The van der Waals surface area contributed by atoms with Crippen molar-refractivity contribution < 1.29 is 23.0 Å². The molecule has 0 fully saturated rings. The molecule has 0 unspecified atom stereocenters. The summed E-state index contributed by atoms with van der Waals surface area (Å²) in [7, 11) is 0. The van der Waals surface area contributed by atoms with E-state index in [0.717, 1.165) is 0 Å². The molecule has 3 aromatic carbocycles. The zero-order valence-electron chi connectivity index (χ0n) is 17.3. The van der Waals surface area contributed by atoms with Crippen LogP contribution in [0.15, 0.2) is 65.8 Å². The predicted molar refractivity (Wildman–Crippen MR) is 119 cm³/mol. The SMILES string of the molecule is CCOc1cc(/C=N/NC(=O)Cc2ccc(F)cc2)cc(Cl)c1OCc1cccc(F)c1. The van der Waals surface area contributed by atoms with Crippen molar-refractivity contribution in [1.29, 1.82) is 0 Å². The van der Waals surface area contributed by atoms with E-state index in [0.29, 0.717) is 34.8 Å². The van der Waals surface area contributed by atoms with Gasteiger partial charge in [0.05, 0.1) is 24.3 Å². The normalized spacial score (nSPS) is 10.9. The van der Waals surface area contributed by atoms with Crippen LogP contribution in [0.25, 0.3) is 0 Å². The minimum Gasteiger partial charge on any atom is -0.490 e. The van der Waals surface area contributed by atoms with Crippen LogP contribution in [0.1, 0.15) is 23.6 Å². The number of rotatable bonds is 9. The van der Waals surface area contributed by atoms with Crippen LogP contribution in [0.4, 0.5) is 8.78 Å². The molecule has 3 aromatic rings. The molecule has 0 saturated heterocycles. The van der Waals surface area contributed by atoms with E-state index in [1.165, 1.54) is 42.6 Å². The molecule has 1 amide bonds. The maximum Gasteiger partial charge on any atom is 0.244 e. The van der Waals surface area contributed by atoms with Gasteiger partial charge >= 0.3 is 0 Å². The zero-order valence-corrected chi connectivity index (χ0v) is 18.0. The fourth-order valence-electron chi connectivity index (χ4n) is 2.85. The third kappa shape index (κ3) is 6.78. The van der Waals surface area contributed by atoms with Crippen molar-refractivity contribution in [3.63, 3.8) is 0 Å². The van der Waals surface area contributed by atoms with Gasteiger partial charge in [0.25, 0.3) is 0 Å². The van der Waals surface area contributed by atoms with Crippen molar-refractivity contribution in [1.82, 2.24) is 5.43 Å². The van der Waals surface area contributed by atoms with Crippen molar-refractivity contribution in [2.45, 2.75) is 20.0 Å².